The fourth-order valence-corrected chi connectivity index (χ4v) is 2.54. The molecule has 22 heavy (non-hydrogen) atoms. The van der Waals surface area contributed by atoms with Crippen LogP contribution < -0.4 is 0 Å². The van der Waals surface area contributed by atoms with E-state index in [0.717, 1.165) is 0 Å². The molecule has 130 valence electrons. The second-order valence-corrected chi connectivity index (χ2v) is 5.51. The zero-order chi connectivity index (χ0) is 16.6. The topological polar surface area (TPSA) is 169 Å². The Bertz CT molecular complexity index is 366. The number of rotatable bonds is 3. The largest absolute Gasteiger partial charge is 0.394 e. The highest BCUT2D eigenvalue weighted by molar-refractivity contribution is 4.92. The van der Waals surface area contributed by atoms with Gasteiger partial charge >= 0.3 is 0 Å². The second-order valence-electron chi connectivity index (χ2n) is 5.51. The molecule has 2 heterocycles. The number of hydrogen-bond donors (Lipinski definition) is 7. The Hall–Kier alpha value is -0.400. The minimum absolute atomic E-state index is 0.620. The van der Waals surface area contributed by atoms with Gasteiger partial charge in [-0.05, 0) is 6.92 Å². The van der Waals surface area contributed by atoms with Crippen molar-refractivity contribution in [3.63, 3.8) is 0 Å². The first kappa shape index (κ1) is 17.9. The van der Waals surface area contributed by atoms with E-state index in [9.17, 15) is 30.6 Å². The van der Waals surface area contributed by atoms with Crippen LogP contribution >= 0.6 is 0 Å². The molecule has 0 spiro atoms. The number of aliphatic hydroxyl groups excluding tert-OH is 7. The smallest absolute Gasteiger partial charge is 0.187 e. The van der Waals surface area contributed by atoms with Crippen molar-refractivity contribution in [3.05, 3.63) is 0 Å². The van der Waals surface area contributed by atoms with Crippen LogP contribution in [0.15, 0.2) is 0 Å². The summed E-state index contributed by atoms with van der Waals surface area (Å²) >= 11 is 0. The van der Waals surface area contributed by atoms with Crippen molar-refractivity contribution in [2.45, 2.75) is 68.3 Å². The van der Waals surface area contributed by atoms with E-state index >= 15 is 0 Å². The van der Waals surface area contributed by atoms with E-state index in [1.165, 1.54) is 6.92 Å². The van der Waals surface area contributed by atoms with Crippen molar-refractivity contribution >= 4 is 0 Å². The Morgan fingerprint density at radius 2 is 1.45 bits per heavy atom. The van der Waals surface area contributed by atoms with Crippen LogP contribution in [0.2, 0.25) is 0 Å². The Labute approximate surface area is 126 Å². The molecule has 10 heteroatoms. The summed E-state index contributed by atoms with van der Waals surface area (Å²) in [5.41, 5.74) is 0. The van der Waals surface area contributed by atoms with Gasteiger partial charge in [-0.25, -0.2) is 0 Å². The van der Waals surface area contributed by atoms with Gasteiger partial charge in [-0.2, -0.15) is 0 Å². The summed E-state index contributed by atoms with van der Waals surface area (Å²) in [6.07, 6.45) is -14.2. The van der Waals surface area contributed by atoms with Gasteiger partial charge in [0.05, 0.1) is 12.7 Å². The monoisotopic (exact) mass is 326 g/mol. The molecule has 2 fully saturated rings. The average Bonchev–Trinajstić information content (AvgIpc) is 2.49. The molecule has 10 atom stereocenters. The van der Waals surface area contributed by atoms with E-state index in [2.05, 4.69) is 0 Å². The summed E-state index contributed by atoms with van der Waals surface area (Å²) in [5.74, 6) is 0. The molecule has 2 rings (SSSR count). The van der Waals surface area contributed by atoms with Crippen LogP contribution in [-0.2, 0) is 14.2 Å². The summed E-state index contributed by atoms with van der Waals surface area (Å²) in [7, 11) is 0. The van der Waals surface area contributed by atoms with Gasteiger partial charge in [-0.1, -0.05) is 0 Å². The van der Waals surface area contributed by atoms with Gasteiger partial charge in [-0.15, -0.1) is 0 Å². The average molecular weight is 326 g/mol. The highest BCUT2D eigenvalue weighted by atomic mass is 16.7. The quantitative estimate of drug-likeness (QED) is 0.269. The zero-order valence-electron chi connectivity index (χ0n) is 11.8. The molecule has 0 amide bonds. The molecule has 0 aromatic heterocycles. The van der Waals surface area contributed by atoms with Crippen molar-refractivity contribution in [2.24, 2.45) is 0 Å². The van der Waals surface area contributed by atoms with Crippen LogP contribution in [0.4, 0.5) is 0 Å². The highest BCUT2D eigenvalue weighted by Gasteiger charge is 2.49. The van der Waals surface area contributed by atoms with Crippen molar-refractivity contribution in [2.75, 3.05) is 6.61 Å². The van der Waals surface area contributed by atoms with Crippen LogP contribution in [0.25, 0.3) is 0 Å². The summed E-state index contributed by atoms with van der Waals surface area (Å²) in [5, 5.41) is 67.2. The van der Waals surface area contributed by atoms with E-state index in [0.29, 0.717) is 0 Å². The maximum Gasteiger partial charge on any atom is 0.187 e. The first-order valence-corrected chi connectivity index (χ1v) is 6.93. The molecule has 0 aromatic carbocycles. The van der Waals surface area contributed by atoms with Gasteiger partial charge in [-0.3, -0.25) is 0 Å². The van der Waals surface area contributed by atoms with E-state index in [-0.39, 0.29) is 0 Å². The van der Waals surface area contributed by atoms with E-state index in [4.69, 9.17) is 19.3 Å². The lowest BCUT2D eigenvalue weighted by Gasteiger charge is -2.44. The summed E-state index contributed by atoms with van der Waals surface area (Å²) in [6, 6.07) is 0. The first-order valence-electron chi connectivity index (χ1n) is 6.93. The maximum atomic E-state index is 9.92. The van der Waals surface area contributed by atoms with Crippen LogP contribution in [0.3, 0.4) is 0 Å². The lowest BCUT2D eigenvalue weighted by atomic mass is 9.97. The maximum absolute atomic E-state index is 9.92. The van der Waals surface area contributed by atoms with Crippen LogP contribution in [0.1, 0.15) is 6.92 Å². The van der Waals surface area contributed by atoms with E-state index in [1.54, 1.807) is 0 Å². The van der Waals surface area contributed by atoms with Crippen molar-refractivity contribution < 1.29 is 50.0 Å². The Balaban J connectivity index is 2.08. The molecule has 0 aromatic rings. The molecular formula is C12H22O10. The molecule has 0 saturated carbocycles. The third kappa shape index (κ3) is 3.26. The Kier molecular flexibility index (Phi) is 5.72. The van der Waals surface area contributed by atoms with Gasteiger partial charge in [0, 0.05) is 0 Å². The summed E-state index contributed by atoms with van der Waals surface area (Å²) < 4.78 is 15.5. The van der Waals surface area contributed by atoms with Crippen LogP contribution in [0.5, 0.6) is 0 Å². The molecule has 2 saturated heterocycles. The number of ether oxygens (including phenoxy) is 3. The van der Waals surface area contributed by atoms with E-state index < -0.39 is 68.0 Å². The summed E-state index contributed by atoms with van der Waals surface area (Å²) in [4.78, 5) is 0. The third-order valence-electron chi connectivity index (χ3n) is 3.94. The molecule has 0 bridgehead atoms. The normalized spacial score (nSPS) is 53.5. The fraction of sp³-hybridized carbons (Fsp3) is 1.00. The predicted octanol–water partition coefficient (Wildman–Crippen LogP) is -4.37. The highest BCUT2D eigenvalue weighted by Crippen LogP contribution is 2.28. The van der Waals surface area contributed by atoms with Crippen molar-refractivity contribution in [1.82, 2.24) is 0 Å². The fourth-order valence-electron chi connectivity index (χ4n) is 2.54. The van der Waals surface area contributed by atoms with Crippen molar-refractivity contribution in [1.29, 1.82) is 0 Å². The second kappa shape index (κ2) is 7.01. The van der Waals surface area contributed by atoms with Crippen LogP contribution in [-0.4, -0.2) is 104 Å². The molecule has 0 aliphatic carbocycles. The van der Waals surface area contributed by atoms with Crippen molar-refractivity contribution in [3.8, 4) is 0 Å². The predicted molar refractivity (Wildman–Crippen MR) is 67.2 cm³/mol. The van der Waals surface area contributed by atoms with E-state index in [1.807, 2.05) is 0 Å². The van der Waals surface area contributed by atoms with Gasteiger partial charge < -0.3 is 50.0 Å². The Morgan fingerprint density at radius 3 is 2.05 bits per heavy atom. The standard InChI is InChI=1S/C12H22O10/c1-3-10(7(16)8(17)11(19)20-3)22-12-9(18)6(15)5(14)4(2-13)21-12/h3-19H,2H2,1H3/t3-,4+,5-,6+,7+,8-,9-,10+,11+,12+/m0/s1. The lowest BCUT2D eigenvalue weighted by molar-refractivity contribution is -0.351. The molecule has 7 N–H and O–H groups in total. The van der Waals surface area contributed by atoms with Gasteiger partial charge in [0.2, 0.25) is 0 Å². The molecule has 2 aliphatic rings. The first-order chi connectivity index (χ1) is 10.3. The molecule has 0 radical (unpaired) electrons. The molecule has 10 nitrogen and oxygen atoms in total. The molecule has 2 aliphatic heterocycles. The molecule has 0 unspecified atom stereocenters. The summed E-state index contributed by atoms with van der Waals surface area (Å²) in [6.45, 7) is 0.846. The zero-order valence-corrected chi connectivity index (χ0v) is 11.8. The Morgan fingerprint density at radius 1 is 0.818 bits per heavy atom. The minimum Gasteiger partial charge on any atom is -0.394 e. The lowest BCUT2D eigenvalue weighted by Crippen LogP contribution is -2.63. The van der Waals surface area contributed by atoms with Gasteiger partial charge in [0.1, 0.15) is 42.7 Å². The number of hydrogen-bond acceptors (Lipinski definition) is 10. The van der Waals surface area contributed by atoms with Gasteiger partial charge in [0.25, 0.3) is 0 Å². The minimum atomic E-state index is -1.64. The third-order valence-corrected chi connectivity index (χ3v) is 3.94. The molecular weight excluding hydrogens is 304 g/mol. The van der Waals surface area contributed by atoms with Gasteiger partial charge in [0.15, 0.2) is 12.6 Å². The number of aliphatic hydroxyl groups is 7. The SMILES string of the molecule is C[C@@H]1O[C@@H](O)[C@@H](O)[C@@H](O)[C@@H]1O[C@H]1O[C@H](CO)[C@H](O)[C@@H](O)[C@@H]1O. The van der Waals surface area contributed by atoms with Crippen LogP contribution in [0, 0.1) is 0 Å².